The van der Waals surface area contributed by atoms with Gasteiger partial charge in [0.05, 0.1) is 34.0 Å². The minimum atomic E-state index is -7.43. The van der Waals surface area contributed by atoms with Gasteiger partial charge < -0.3 is 13.5 Å². The fraction of sp³-hybridized carbons (Fsp3) is 0.0847. The van der Waals surface area contributed by atoms with E-state index in [2.05, 4.69) is 271 Å². The first-order valence-corrected chi connectivity index (χ1v) is 46.9. The maximum atomic E-state index is 14.4. The van der Waals surface area contributed by atoms with Crippen molar-refractivity contribution < 1.29 is 61.4 Å². The van der Waals surface area contributed by atoms with Crippen LogP contribution in [-0.2, 0) is 19.4 Å². The summed E-state index contributed by atoms with van der Waals surface area (Å²) in [6, 6.07) is 142. The van der Waals surface area contributed by atoms with Crippen LogP contribution in [0.2, 0.25) is 0 Å². The Hall–Kier alpha value is -16.5. The molecule has 0 bridgehead atoms. The van der Waals surface area contributed by atoms with Crippen molar-refractivity contribution in [3.05, 3.63) is 437 Å². The fourth-order valence-electron chi connectivity index (χ4n) is 16.6. The molecule has 0 amide bonds. The minimum Gasteiger partial charge on any atom is -0.399 e. The third-order valence-corrected chi connectivity index (χ3v) is 26.3. The predicted molar refractivity (Wildman–Crippen MR) is 544 cm³/mol. The normalized spacial score (nSPS) is 13.1. The first-order chi connectivity index (χ1) is 68.5. The van der Waals surface area contributed by atoms with Gasteiger partial charge in [-0.3, -0.25) is 0 Å². The summed E-state index contributed by atoms with van der Waals surface area (Å²) in [7, 11) is -7.52. The Morgan fingerprint density at radius 3 is 0.761 bits per heavy atom. The molecule has 4 aromatic heterocycles. The molecule has 0 unspecified atom stereocenters. The molecule has 698 valence electrons. The summed E-state index contributed by atoms with van der Waals surface area (Å²) in [5.74, 6) is -12.8. The molecule has 142 heavy (non-hydrogen) atoms. The molecule has 0 spiro atoms. The average molecular weight is 1910 g/mol. The summed E-state index contributed by atoms with van der Waals surface area (Å²) >= 11 is 0. The SMILES string of the molecule is CC1(C)OB(c2ccc(-c3cc(-c4ccccc4)cc(-c4ccccc4)n3)cc2)OC1(C)C.O=S(=O)(Oc1ccc(-c2ccc(-c3nc(-c4ccccc4)nc(-c4ccccc4)n3)cc2)c2ccccc12)C(F)(F)C(F)(F)C(F)(F)C(F)(F)F.c1ccc(-c2cc(-c3ccccc3)nc(-c3ccc(-c4ccc(-c5ccc(-c6nc(-c7ccccc7)nc(-c7ccccc7)n6)cc5)c5ccccc45)cc3)c2)cc1. The van der Waals surface area contributed by atoms with Crippen molar-refractivity contribution >= 4 is 44.2 Å². The van der Waals surface area contributed by atoms with Crippen molar-refractivity contribution in [1.82, 2.24) is 39.9 Å². The largest absolute Gasteiger partial charge is 0.494 e. The van der Waals surface area contributed by atoms with Crippen LogP contribution >= 0.6 is 0 Å². The zero-order valence-corrected chi connectivity index (χ0v) is 77.4. The molecule has 21 rings (SSSR count). The van der Waals surface area contributed by atoms with Crippen LogP contribution in [0.25, 0.3) is 191 Å². The molecule has 5 heterocycles. The molecular formula is C118H84BF9N8O5S. The lowest BCUT2D eigenvalue weighted by Gasteiger charge is -2.32. The Morgan fingerprint density at radius 2 is 0.465 bits per heavy atom. The van der Waals surface area contributed by atoms with Gasteiger partial charge in [-0.1, -0.05) is 400 Å². The summed E-state index contributed by atoms with van der Waals surface area (Å²) in [6.45, 7) is 8.30. The fourth-order valence-corrected chi connectivity index (χ4v) is 17.6. The predicted octanol–water partition coefficient (Wildman–Crippen LogP) is 30.0. The highest BCUT2D eigenvalue weighted by Crippen LogP contribution is 2.56. The molecule has 13 nitrogen and oxygen atoms in total. The summed E-state index contributed by atoms with van der Waals surface area (Å²) in [5, 5.41) is -4.75. The number of hydrogen-bond donors (Lipinski definition) is 0. The molecule has 16 aromatic carbocycles. The van der Waals surface area contributed by atoms with Crippen LogP contribution in [0, 0.1) is 0 Å². The second kappa shape index (κ2) is 39.4. The minimum absolute atomic E-state index is 0.131. The Balaban J connectivity index is 0.000000140. The number of nitrogens with zero attached hydrogens (tertiary/aromatic N) is 8. The second-order valence-corrected chi connectivity index (χ2v) is 36.4. The molecular weight excluding hydrogens is 1820 g/mol. The summed E-state index contributed by atoms with van der Waals surface area (Å²) in [6.07, 6.45) is -7.21. The number of rotatable bonds is 21. The molecule has 1 saturated heterocycles. The Kier molecular flexibility index (Phi) is 26.2. The average Bonchev–Trinajstić information content (AvgIpc) is 0.851. The number of hydrogen-bond acceptors (Lipinski definition) is 13. The van der Waals surface area contributed by atoms with Gasteiger partial charge >= 0.3 is 40.5 Å². The highest BCUT2D eigenvalue weighted by molar-refractivity contribution is 7.88. The van der Waals surface area contributed by atoms with Crippen LogP contribution < -0.4 is 9.65 Å². The second-order valence-electron chi connectivity index (χ2n) is 34.8. The van der Waals surface area contributed by atoms with E-state index in [1.165, 1.54) is 57.3 Å². The quantitative estimate of drug-likeness (QED) is 0.0379. The van der Waals surface area contributed by atoms with E-state index in [4.69, 9.17) is 34.2 Å². The number of benzene rings is 16. The molecule has 20 aromatic rings. The molecule has 0 atom stereocenters. The van der Waals surface area contributed by atoms with Crippen molar-refractivity contribution in [3.63, 3.8) is 0 Å². The topological polar surface area (TPSA) is 165 Å². The van der Waals surface area contributed by atoms with Crippen molar-refractivity contribution in [2.24, 2.45) is 0 Å². The smallest absolute Gasteiger partial charge is 0.399 e. The molecule has 1 aliphatic heterocycles. The number of pyridine rings is 2. The van der Waals surface area contributed by atoms with Gasteiger partial charge in [-0.2, -0.15) is 47.9 Å². The lowest BCUT2D eigenvalue weighted by Crippen LogP contribution is -2.63. The van der Waals surface area contributed by atoms with Crippen molar-refractivity contribution in [2.75, 3.05) is 0 Å². The van der Waals surface area contributed by atoms with Gasteiger partial charge in [0, 0.05) is 61.0 Å². The van der Waals surface area contributed by atoms with Gasteiger partial charge in [-0.25, -0.2) is 39.9 Å². The highest BCUT2D eigenvalue weighted by atomic mass is 32.2. The van der Waals surface area contributed by atoms with E-state index in [0.717, 1.165) is 113 Å². The monoisotopic (exact) mass is 1910 g/mol. The molecule has 0 aliphatic carbocycles. The Bertz CT molecular complexity index is 7600. The van der Waals surface area contributed by atoms with Gasteiger partial charge in [0.25, 0.3) is 0 Å². The highest BCUT2D eigenvalue weighted by Gasteiger charge is 2.86. The maximum Gasteiger partial charge on any atom is 0.494 e. The van der Waals surface area contributed by atoms with Gasteiger partial charge in [-0.15, -0.1) is 0 Å². The third-order valence-electron chi connectivity index (χ3n) is 25.0. The van der Waals surface area contributed by atoms with E-state index in [1.54, 1.807) is 24.3 Å². The van der Waals surface area contributed by atoms with Crippen molar-refractivity contribution in [2.45, 2.75) is 62.2 Å². The van der Waals surface area contributed by atoms with Crippen LogP contribution in [0.1, 0.15) is 27.7 Å². The van der Waals surface area contributed by atoms with E-state index in [0.29, 0.717) is 51.6 Å². The first-order valence-electron chi connectivity index (χ1n) is 45.5. The van der Waals surface area contributed by atoms with Gasteiger partial charge in [0.2, 0.25) is 0 Å². The van der Waals surface area contributed by atoms with Crippen LogP contribution in [0.3, 0.4) is 0 Å². The maximum absolute atomic E-state index is 14.4. The zero-order chi connectivity index (χ0) is 98.6. The van der Waals surface area contributed by atoms with Gasteiger partial charge in [0.15, 0.2) is 40.7 Å². The zero-order valence-electron chi connectivity index (χ0n) is 76.6. The van der Waals surface area contributed by atoms with Crippen LogP contribution in [0.5, 0.6) is 5.75 Å². The Morgan fingerprint density at radius 1 is 0.239 bits per heavy atom. The lowest BCUT2D eigenvalue weighted by atomic mass is 9.78. The van der Waals surface area contributed by atoms with E-state index < -0.39 is 39.1 Å². The number of aromatic nitrogens is 8. The van der Waals surface area contributed by atoms with E-state index in [-0.39, 0.29) is 29.1 Å². The molecule has 0 saturated carbocycles. The van der Waals surface area contributed by atoms with Gasteiger partial charge in [0.1, 0.15) is 0 Å². The summed E-state index contributed by atoms with van der Waals surface area (Å²) in [5.41, 5.74) is 23.4. The lowest BCUT2D eigenvalue weighted by molar-refractivity contribution is -0.382. The molecule has 0 N–H and O–H groups in total. The standard InChI is InChI=1S/C54H36N4.C35H20F9N3O3S.C29H28BNO2/c1-5-15-37(16-6-1)45-35-50(40-17-7-2-8-18-40)55-51(36-45)41-29-25-38(26-30-41)46-33-34-47(49-24-14-13-23-48(46)49)39-27-31-44(32-28-39)54-57-52(42-19-9-3-10-20-42)56-53(58-54)43-21-11-4-12-22-43;36-32(37,34(40,41)42)33(38,39)35(43,44)51(48,49)50-28-20-19-25(26-13-7-8-14-27(26)28)21-15-17-24(18-16-21)31-46-29(22-9-3-1-4-10-22)45-30(47-31)23-11-5-2-6-12-23;1-28(2)29(3,4)33-30(32-28)25-17-15-23(16-18-25)27-20-24(21-11-7-5-8-12-21)19-26(31-27)22-13-9-6-10-14-22/h1-36H;1-20H;5-20H,1-4H3. The molecule has 24 heteroatoms. The van der Waals surface area contributed by atoms with E-state index in [9.17, 15) is 47.9 Å². The summed E-state index contributed by atoms with van der Waals surface area (Å²) in [4.78, 5) is 38.8. The molecule has 0 radical (unpaired) electrons. The number of fused-ring (bicyclic) bond motifs is 2. The van der Waals surface area contributed by atoms with Crippen molar-refractivity contribution in [1.29, 1.82) is 0 Å². The Labute approximate surface area is 814 Å². The van der Waals surface area contributed by atoms with Crippen molar-refractivity contribution in [3.8, 4) is 175 Å². The van der Waals surface area contributed by atoms with Crippen LogP contribution in [0.4, 0.5) is 39.5 Å². The van der Waals surface area contributed by atoms with E-state index in [1.807, 2.05) is 152 Å². The number of alkyl halides is 9. The van der Waals surface area contributed by atoms with Crippen LogP contribution in [-0.4, -0.2) is 89.9 Å². The molecule has 1 aliphatic rings. The van der Waals surface area contributed by atoms with Crippen LogP contribution in [0.15, 0.2) is 437 Å². The van der Waals surface area contributed by atoms with Gasteiger partial charge in [-0.05, 0) is 141 Å². The number of halogens is 9. The summed E-state index contributed by atoms with van der Waals surface area (Å²) < 4.78 is 162. The third kappa shape index (κ3) is 19.6. The molecule has 1 fully saturated rings. The van der Waals surface area contributed by atoms with E-state index >= 15 is 0 Å². The first kappa shape index (κ1) is 94.4.